The lowest BCUT2D eigenvalue weighted by Gasteiger charge is -1.99. The molecule has 1 aliphatic rings. The molecule has 2 aromatic rings. The Morgan fingerprint density at radius 2 is 2.21 bits per heavy atom. The fourth-order valence-corrected chi connectivity index (χ4v) is 2.34. The molecule has 0 saturated heterocycles. The van der Waals surface area contributed by atoms with Crippen LogP contribution in [0, 0.1) is 5.82 Å². The van der Waals surface area contributed by atoms with Crippen LogP contribution in [-0.4, -0.2) is 16.1 Å². The van der Waals surface area contributed by atoms with Gasteiger partial charge >= 0.3 is 5.97 Å². The van der Waals surface area contributed by atoms with Gasteiger partial charge < -0.3 is 9.52 Å². The Bertz CT molecular complexity index is 664. The number of aromatic carboxylic acids is 1. The van der Waals surface area contributed by atoms with E-state index in [1.807, 2.05) is 0 Å². The molecule has 3 rings (SSSR count). The van der Waals surface area contributed by atoms with Gasteiger partial charge in [0.25, 0.3) is 0 Å². The summed E-state index contributed by atoms with van der Waals surface area (Å²) in [5.74, 6) is -1.45. The van der Waals surface area contributed by atoms with Crippen LogP contribution >= 0.6 is 15.9 Å². The van der Waals surface area contributed by atoms with E-state index in [9.17, 15) is 9.18 Å². The zero-order valence-electron chi connectivity index (χ0n) is 9.69. The maximum absolute atomic E-state index is 13.5. The van der Waals surface area contributed by atoms with Crippen molar-refractivity contribution in [2.45, 2.75) is 18.8 Å². The van der Waals surface area contributed by atoms with Crippen molar-refractivity contribution in [3.63, 3.8) is 0 Å². The minimum absolute atomic E-state index is 0.130. The molecular formula is C13H9BrFNO3. The van der Waals surface area contributed by atoms with Gasteiger partial charge in [-0.1, -0.05) is 6.07 Å². The zero-order valence-corrected chi connectivity index (χ0v) is 11.3. The first-order valence-electron chi connectivity index (χ1n) is 5.76. The summed E-state index contributed by atoms with van der Waals surface area (Å²) in [5, 5.41) is 9.11. The number of halogens is 2. The minimum atomic E-state index is -1.15. The lowest BCUT2D eigenvalue weighted by Crippen LogP contribution is -1.98. The quantitative estimate of drug-likeness (QED) is 0.931. The molecule has 1 heterocycles. The van der Waals surface area contributed by atoms with Crippen molar-refractivity contribution in [2.24, 2.45) is 0 Å². The highest BCUT2D eigenvalue weighted by molar-refractivity contribution is 9.10. The average Bonchev–Trinajstić information content (AvgIpc) is 3.12. The van der Waals surface area contributed by atoms with Crippen LogP contribution in [0.2, 0.25) is 0 Å². The molecule has 1 saturated carbocycles. The molecule has 0 aliphatic heterocycles. The van der Waals surface area contributed by atoms with Gasteiger partial charge in [0, 0.05) is 5.92 Å². The highest BCUT2D eigenvalue weighted by Crippen LogP contribution is 2.43. The van der Waals surface area contributed by atoms with Crippen LogP contribution in [0.5, 0.6) is 0 Å². The van der Waals surface area contributed by atoms with E-state index < -0.39 is 11.8 Å². The molecule has 0 unspecified atom stereocenters. The average molecular weight is 326 g/mol. The Labute approximate surface area is 116 Å². The molecule has 19 heavy (non-hydrogen) atoms. The third-order valence-electron chi connectivity index (χ3n) is 2.99. The second kappa shape index (κ2) is 4.45. The van der Waals surface area contributed by atoms with Gasteiger partial charge in [-0.05, 0) is 40.9 Å². The van der Waals surface area contributed by atoms with Gasteiger partial charge in [0.05, 0.1) is 15.7 Å². The van der Waals surface area contributed by atoms with Crippen LogP contribution in [0.1, 0.15) is 35.0 Å². The number of carboxylic acids is 1. The first kappa shape index (κ1) is 12.3. The second-order valence-electron chi connectivity index (χ2n) is 4.41. The van der Waals surface area contributed by atoms with Crippen molar-refractivity contribution in [3.8, 4) is 11.5 Å². The first-order chi connectivity index (χ1) is 9.08. The fraction of sp³-hybridized carbons (Fsp3) is 0.231. The second-order valence-corrected chi connectivity index (χ2v) is 5.21. The number of rotatable bonds is 3. The van der Waals surface area contributed by atoms with Crippen LogP contribution in [0.25, 0.3) is 11.5 Å². The van der Waals surface area contributed by atoms with E-state index in [4.69, 9.17) is 9.52 Å². The standard InChI is InChI=1S/C13H9BrFNO3/c14-9-7(2-1-3-8(9)15)12-16-10(6-4-5-6)11(19-12)13(17)18/h1-3,6H,4-5H2,(H,17,18). The van der Waals surface area contributed by atoms with E-state index >= 15 is 0 Å². The first-order valence-corrected chi connectivity index (χ1v) is 6.55. The zero-order chi connectivity index (χ0) is 13.6. The normalized spacial score (nSPS) is 14.6. The van der Waals surface area contributed by atoms with Crippen molar-refractivity contribution in [2.75, 3.05) is 0 Å². The van der Waals surface area contributed by atoms with Crippen LogP contribution in [-0.2, 0) is 0 Å². The van der Waals surface area contributed by atoms with E-state index in [1.54, 1.807) is 6.07 Å². The molecule has 1 fully saturated rings. The Balaban J connectivity index is 2.13. The van der Waals surface area contributed by atoms with Gasteiger partial charge in [-0.3, -0.25) is 0 Å². The van der Waals surface area contributed by atoms with E-state index in [2.05, 4.69) is 20.9 Å². The molecule has 6 heteroatoms. The summed E-state index contributed by atoms with van der Waals surface area (Å²) in [6.07, 6.45) is 1.83. The number of carboxylic acid groups (broad SMARTS) is 1. The molecule has 4 nitrogen and oxygen atoms in total. The monoisotopic (exact) mass is 325 g/mol. The van der Waals surface area contributed by atoms with Crippen molar-refractivity contribution >= 4 is 21.9 Å². The summed E-state index contributed by atoms with van der Waals surface area (Å²) < 4.78 is 19.0. The highest BCUT2D eigenvalue weighted by atomic mass is 79.9. The molecule has 0 bridgehead atoms. The van der Waals surface area contributed by atoms with Crippen molar-refractivity contribution in [1.29, 1.82) is 0 Å². The summed E-state index contributed by atoms with van der Waals surface area (Å²) in [4.78, 5) is 15.4. The topological polar surface area (TPSA) is 63.3 Å². The number of aromatic nitrogens is 1. The third kappa shape index (κ3) is 2.16. The third-order valence-corrected chi connectivity index (χ3v) is 3.80. The lowest BCUT2D eigenvalue weighted by atomic mass is 10.2. The maximum atomic E-state index is 13.5. The minimum Gasteiger partial charge on any atom is -0.475 e. The molecule has 98 valence electrons. The number of benzene rings is 1. The summed E-state index contributed by atoms with van der Waals surface area (Å²) >= 11 is 3.12. The summed E-state index contributed by atoms with van der Waals surface area (Å²) in [7, 11) is 0. The summed E-state index contributed by atoms with van der Waals surface area (Å²) in [5.41, 5.74) is 0.869. The number of nitrogens with zero attached hydrogens (tertiary/aromatic N) is 1. The Hall–Kier alpha value is -1.69. The van der Waals surface area contributed by atoms with Crippen LogP contribution in [0.3, 0.4) is 0 Å². The SMILES string of the molecule is O=C(O)c1oc(-c2cccc(F)c2Br)nc1C1CC1. The highest BCUT2D eigenvalue weighted by Gasteiger charge is 2.34. The molecule has 1 aromatic heterocycles. The summed E-state index contributed by atoms with van der Waals surface area (Å²) in [6.45, 7) is 0. The molecule has 0 amide bonds. The fourth-order valence-electron chi connectivity index (χ4n) is 1.90. The number of carbonyl (C=O) groups is 1. The van der Waals surface area contributed by atoms with Crippen molar-refractivity contribution in [1.82, 2.24) is 4.98 Å². The van der Waals surface area contributed by atoms with E-state index in [-0.39, 0.29) is 22.0 Å². The molecular weight excluding hydrogens is 317 g/mol. The number of hydrogen-bond acceptors (Lipinski definition) is 3. The van der Waals surface area contributed by atoms with Crippen LogP contribution in [0.15, 0.2) is 27.1 Å². The van der Waals surface area contributed by atoms with Gasteiger partial charge in [-0.2, -0.15) is 0 Å². The molecule has 0 spiro atoms. The van der Waals surface area contributed by atoms with E-state index in [0.717, 1.165) is 12.8 Å². The predicted octanol–water partition coefficient (Wildman–Crippen LogP) is 3.82. The number of hydrogen-bond donors (Lipinski definition) is 1. The van der Waals surface area contributed by atoms with Gasteiger partial charge in [-0.25, -0.2) is 14.2 Å². The van der Waals surface area contributed by atoms with Gasteiger partial charge in [0.1, 0.15) is 5.82 Å². The molecule has 1 N–H and O–H groups in total. The van der Waals surface area contributed by atoms with Gasteiger partial charge in [-0.15, -0.1) is 0 Å². The smallest absolute Gasteiger partial charge is 0.373 e. The van der Waals surface area contributed by atoms with Crippen molar-refractivity contribution in [3.05, 3.63) is 39.9 Å². The molecule has 0 radical (unpaired) electrons. The predicted molar refractivity (Wildman–Crippen MR) is 68.5 cm³/mol. The number of oxazole rings is 1. The van der Waals surface area contributed by atoms with Gasteiger partial charge in [0.15, 0.2) is 0 Å². The maximum Gasteiger partial charge on any atom is 0.373 e. The molecule has 1 aromatic carbocycles. The van der Waals surface area contributed by atoms with E-state index in [0.29, 0.717) is 11.3 Å². The molecule has 0 atom stereocenters. The lowest BCUT2D eigenvalue weighted by molar-refractivity contribution is 0.0661. The van der Waals surface area contributed by atoms with Crippen molar-refractivity contribution < 1.29 is 18.7 Å². The van der Waals surface area contributed by atoms with Crippen LogP contribution in [0.4, 0.5) is 4.39 Å². The largest absolute Gasteiger partial charge is 0.475 e. The Morgan fingerprint density at radius 3 is 2.84 bits per heavy atom. The summed E-state index contributed by atoms with van der Waals surface area (Å²) in [6, 6.07) is 4.45. The van der Waals surface area contributed by atoms with Crippen LogP contribution < -0.4 is 0 Å². The Morgan fingerprint density at radius 1 is 1.47 bits per heavy atom. The van der Waals surface area contributed by atoms with Gasteiger partial charge in [0.2, 0.25) is 11.7 Å². The van der Waals surface area contributed by atoms with E-state index in [1.165, 1.54) is 12.1 Å². The molecule has 1 aliphatic carbocycles. The Kier molecular flexibility index (Phi) is 2.89.